The number of amides is 1. The van der Waals surface area contributed by atoms with Crippen molar-refractivity contribution in [1.29, 1.82) is 0 Å². The fourth-order valence-corrected chi connectivity index (χ4v) is 4.20. The van der Waals surface area contributed by atoms with Crippen LogP contribution in [0.1, 0.15) is 6.04 Å². The first-order valence-electron chi connectivity index (χ1n) is 9.15. The van der Waals surface area contributed by atoms with Crippen LogP contribution in [0.15, 0.2) is 18.3 Å². The third-order valence-electron chi connectivity index (χ3n) is 4.81. The average molecular weight is 462 g/mol. The summed E-state index contributed by atoms with van der Waals surface area (Å²) in [5.41, 5.74) is -1.11. The van der Waals surface area contributed by atoms with E-state index in [1.807, 2.05) is 0 Å². The summed E-state index contributed by atoms with van der Waals surface area (Å²) in [6, 6.07) is 0.339. The number of carbonyl (C=O) groups is 1. The summed E-state index contributed by atoms with van der Waals surface area (Å²) in [7, 11) is 3.14. The van der Waals surface area contributed by atoms with E-state index >= 15 is 0 Å². The number of hydrogen-bond donors (Lipinski definition) is 3. The number of carbonyl (C=O) groups excluding carboxylic acids is 1. The molecule has 0 aliphatic carbocycles. The molecule has 31 heavy (non-hydrogen) atoms. The molecule has 0 bridgehead atoms. The third-order valence-corrected chi connectivity index (χ3v) is 5.95. The molecule has 1 aliphatic rings. The van der Waals surface area contributed by atoms with E-state index in [1.165, 1.54) is 11.1 Å². The summed E-state index contributed by atoms with van der Waals surface area (Å²) in [4.78, 5) is 13.2. The van der Waals surface area contributed by atoms with Crippen LogP contribution in [0.2, 0.25) is 0 Å². The van der Waals surface area contributed by atoms with E-state index in [9.17, 15) is 33.3 Å². The first kappa shape index (κ1) is 23.5. The highest BCUT2D eigenvalue weighted by Gasteiger charge is 2.46. The monoisotopic (exact) mass is 462 g/mol. The molecule has 3 rings (SSSR count). The van der Waals surface area contributed by atoms with Gasteiger partial charge < -0.3 is 25.0 Å². The normalized spacial score (nSPS) is 26.1. The number of thioether (sulfide) groups is 1. The Hall–Kier alpha value is -2.19. The van der Waals surface area contributed by atoms with Crippen LogP contribution < -0.4 is 0 Å². The number of aliphatic hydroxyl groups excluding tert-OH is 3. The van der Waals surface area contributed by atoms with Gasteiger partial charge in [-0.05, 0) is 12.1 Å². The molecule has 13 heteroatoms. The van der Waals surface area contributed by atoms with Crippen molar-refractivity contribution in [3.05, 3.63) is 35.8 Å². The van der Waals surface area contributed by atoms with Gasteiger partial charge in [0.25, 0.3) is 0 Å². The summed E-state index contributed by atoms with van der Waals surface area (Å²) in [5, 5.41) is 38.4. The molecule has 0 unspecified atom stereocenters. The van der Waals surface area contributed by atoms with Gasteiger partial charge in [-0.3, -0.25) is 4.79 Å². The highest BCUT2D eigenvalue weighted by molar-refractivity contribution is 8.00. The van der Waals surface area contributed by atoms with Crippen molar-refractivity contribution in [2.75, 3.05) is 26.5 Å². The molecule has 1 saturated heterocycles. The van der Waals surface area contributed by atoms with Crippen molar-refractivity contribution in [3.8, 4) is 11.3 Å². The van der Waals surface area contributed by atoms with Crippen LogP contribution >= 0.6 is 11.8 Å². The summed E-state index contributed by atoms with van der Waals surface area (Å²) in [6.45, 7) is -0.570. The van der Waals surface area contributed by atoms with Crippen molar-refractivity contribution in [3.63, 3.8) is 0 Å². The largest absolute Gasteiger partial charge is 0.394 e. The molecule has 2 aromatic rings. The fraction of sp³-hybridized carbons (Fsp3) is 0.500. The Kier molecular flexibility index (Phi) is 7.21. The number of nitrogens with zero attached hydrogens (tertiary/aromatic N) is 4. The molecule has 5 atom stereocenters. The van der Waals surface area contributed by atoms with Gasteiger partial charge in [-0.1, -0.05) is 5.21 Å². The Morgan fingerprint density at radius 2 is 1.87 bits per heavy atom. The summed E-state index contributed by atoms with van der Waals surface area (Å²) in [6.07, 6.45) is -2.64. The van der Waals surface area contributed by atoms with Gasteiger partial charge in [0.05, 0.1) is 18.6 Å². The lowest BCUT2D eigenvalue weighted by atomic mass is 9.97. The van der Waals surface area contributed by atoms with Crippen molar-refractivity contribution in [2.45, 2.75) is 29.8 Å². The highest BCUT2D eigenvalue weighted by Crippen LogP contribution is 2.35. The second kappa shape index (κ2) is 9.53. The van der Waals surface area contributed by atoms with E-state index in [0.717, 1.165) is 28.6 Å². The van der Waals surface area contributed by atoms with Crippen LogP contribution in [0, 0.1) is 17.5 Å². The van der Waals surface area contributed by atoms with Gasteiger partial charge in [-0.2, -0.15) is 0 Å². The molecule has 9 nitrogen and oxygen atoms in total. The van der Waals surface area contributed by atoms with Crippen LogP contribution in [0.4, 0.5) is 13.2 Å². The summed E-state index contributed by atoms with van der Waals surface area (Å²) < 4.78 is 46.9. The van der Waals surface area contributed by atoms with Gasteiger partial charge in [0.2, 0.25) is 5.91 Å². The highest BCUT2D eigenvalue weighted by atomic mass is 32.2. The third kappa shape index (κ3) is 4.85. The number of hydrogen-bond acceptors (Lipinski definition) is 8. The van der Waals surface area contributed by atoms with Gasteiger partial charge in [-0.25, -0.2) is 17.9 Å². The van der Waals surface area contributed by atoms with Gasteiger partial charge in [0, 0.05) is 19.7 Å². The van der Waals surface area contributed by atoms with E-state index in [-0.39, 0.29) is 22.9 Å². The van der Waals surface area contributed by atoms with Crippen LogP contribution in [-0.4, -0.2) is 91.3 Å². The lowest BCUT2D eigenvalue weighted by Gasteiger charge is -2.41. The molecule has 0 spiro atoms. The maximum absolute atomic E-state index is 13.5. The SMILES string of the molecule is CN(C)C(=O)CS[C@@H]1O[C@H](CO)[C@H](O)[C@H](n2cc(-c3cc(F)c(F)c(F)c3)nn2)[C@H]1O. The number of rotatable bonds is 6. The van der Waals surface area contributed by atoms with Crippen molar-refractivity contribution < 1.29 is 38.0 Å². The molecule has 1 aliphatic heterocycles. The Labute approximate surface area is 179 Å². The van der Waals surface area contributed by atoms with E-state index < -0.39 is 53.8 Å². The van der Waals surface area contributed by atoms with Crippen LogP contribution in [0.5, 0.6) is 0 Å². The minimum Gasteiger partial charge on any atom is -0.394 e. The molecule has 1 fully saturated rings. The standard InChI is InChI=1S/C18H21F3N4O5S/c1-24(2)13(27)7-31-18-17(29)15(16(28)12(6-26)30-18)25-5-11(22-23-25)8-3-9(19)14(21)10(20)4-8/h3-5,12,15-18,26,28-29H,6-7H2,1-2H3/t12-,15+,16+,17-,18+/m1/s1. The molecular weight excluding hydrogens is 441 g/mol. The van der Waals surface area contributed by atoms with Gasteiger partial charge in [-0.15, -0.1) is 16.9 Å². The number of halogens is 3. The van der Waals surface area contributed by atoms with Crippen molar-refractivity contribution in [1.82, 2.24) is 19.9 Å². The lowest BCUT2D eigenvalue weighted by Crippen LogP contribution is -2.55. The number of aliphatic hydroxyl groups is 3. The minimum absolute atomic E-state index is 0.0214. The van der Waals surface area contributed by atoms with Crippen LogP contribution in [0.25, 0.3) is 11.3 Å². The molecule has 1 amide bonds. The Morgan fingerprint density at radius 3 is 2.45 bits per heavy atom. The van der Waals surface area contributed by atoms with Crippen molar-refractivity contribution in [2.24, 2.45) is 0 Å². The molecule has 0 radical (unpaired) electrons. The lowest BCUT2D eigenvalue weighted by molar-refractivity contribution is -0.178. The number of aromatic nitrogens is 3. The average Bonchev–Trinajstić information content (AvgIpc) is 3.20. The molecular formula is C18H21F3N4O5S. The maximum atomic E-state index is 13.5. The Morgan fingerprint density at radius 1 is 1.23 bits per heavy atom. The minimum atomic E-state index is -1.62. The zero-order valence-corrected chi connectivity index (χ0v) is 17.3. The topological polar surface area (TPSA) is 121 Å². The maximum Gasteiger partial charge on any atom is 0.232 e. The van der Waals surface area contributed by atoms with Crippen LogP contribution in [-0.2, 0) is 9.53 Å². The van der Waals surface area contributed by atoms with Gasteiger partial charge in [0.15, 0.2) is 17.5 Å². The zero-order valence-electron chi connectivity index (χ0n) is 16.5. The molecule has 1 aromatic heterocycles. The number of ether oxygens (including phenoxy) is 1. The molecule has 0 saturated carbocycles. The quantitative estimate of drug-likeness (QED) is 0.520. The second-order valence-electron chi connectivity index (χ2n) is 7.13. The van der Waals surface area contributed by atoms with Gasteiger partial charge in [0.1, 0.15) is 35.5 Å². The second-order valence-corrected chi connectivity index (χ2v) is 8.22. The van der Waals surface area contributed by atoms with E-state index in [0.29, 0.717) is 0 Å². The van der Waals surface area contributed by atoms with Crippen LogP contribution in [0.3, 0.4) is 0 Å². The predicted octanol–water partition coefficient (Wildman–Crippen LogP) is 0.164. The smallest absolute Gasteiger partial charge is 0.232 e. The van der Waals surface area contributed by atoms with E-state index in [2.05, 4.69) is 10.3 Å². The summed E-state index contributed by atoms with van der Waals surface area (Å²) >= 11 is 0.982. The molecule has 2 heterocycles. The summed E-state index contributed by atoms with van der Waals surface area (Å²) in [5.74, 6) is -4.68. The zero-order chi connectivity index (χ0) is 22.9. The van der Waals surface area contributed by atoms with E-state index in [1.54, 1.807) is 14.1 Å². The van der Waals surface area contributed by atoms with Crippen molar-refractivity contribution >= 4 is 17.7 Å². The van der Waals surface area contributed by atoms with Gasteiger partial charge >= 0.3 is 0 Å². The Balaban J connectivity index is 1.86. The molecule has 3 N–H and O–H groups in total. The Bertz CT molecular complexity index is 924. The molecule has 1 aromatic carbocycles. The predicted molar refractivity (Wildman–Crippen MR) is 103 cm³/mol. The van der Waals surface area contributed by atoms with E-state index in [4.69, 9.17) is 4.74 Å². The first-order valence-corrected chi connectivity index (χ1v) is 10.2. The number of benzene rings is 1. The fourth-order valence-electron chi connectivity index (χ4n) is 3.06. The first-order chi connectivity index (χ1) is 14.6. The molecule has 170 valence electrons.